The van der Waals surface area contributed by atoms with E-state index in [2.05, 4.69) is 26.1 Å². The molecule has 3 aromatic rings. The molecule has 0 aliphatic carbocycles. The summed E-state index contributed by atoms with van der Waals surface area (Å²) in [6, 6.07) is 17.3. The molecule has 0 fully saturated rings. The molecule has 0 atom stereocenters. The summed E-state index contributed by atoms with van der Waals surface area (Å²) in [5, 5.41) is 9.65. The molecule has 0 aliphatic rings. The minimum absolute atomic E-state index is 0.0607. The Labute approximate surface area is 158 Å². The lowest BCUT2D eigenvalue weighted by molar-refractivity contribution is -0.118. The van der Waals surface area contributed by atoms with Crippen LogP contribution in [0.2, 0.25) is 0 Å². The first kappa shape index (κ1) is 17.6. The quantitative estimate of drug-likeness (QED) is 0.596. The van der Waals surface area contributed by atoms with Crippen molar-refractivity contribution >= 4 is 38.3 Å². The van der Waals surface area contributed by atoms with Crippen molar-refractivity contribution in [2.75, 3.05) is 18.6 Å². The molecule has 128 valence electrons. The van der Waals surface area contributed by atoms with E-state index in [1.54, 1.807) is 7.05 Å². The zero-order valence-electron chi connectivity index (χ0n) is 13.6. The molecule has 5 nitrogen and oxygen atoms in total. The summed E-state index contributed by atoms with van der Waals surface area (Å²) in [6.07, 6.45) is 0.276. The number of carbonyl (C=O) groups excluding carboxylic acids is 1. The van der Waals surface area contributed by atoms with Crippen LogP contribution in [-0.2, 0) is 4.79 Å². The minimum Gasteiger partial charge on any atom is -0.493 e. The SMILES string of the molecule is CN(C(=O)CCOc1ccccc1)c1nnc(-c2ccc(Br)cc2)s1. The Morgan fingerprint density at radius 2 is 1.84 bits per heavy atom. The molecule has 0 unspecified atom stereocenters. The molecule has 0 bridgehead atoms. The van der Waals surface area contributed by atoms with Crippen molar-refractivity contribution in [2.24, 2.45) is 0 Å². The molecule has 0 saturated carbocycles. The first-order chi connectivity index (χ1) is 12.1. The molecule has 3 rings (SSSR count). The second-order valence-electron chi connectivity index (χ2n) is 5.26. The maximum atomic E-state index is 12.3. The van der Waals surface area contributed by atoms with Gasteiger partial charge in [0, 0.05) is 17.1 Å². The largest absolute Gasteiger partial charge is 0.493 e. The van der Waals surface area contributed by atoms with Crippen LogP contribution in [0.5, 0.6) is 5.75 Å². The van der Waals surface area contributed by atoms with E-state index in [0.29, 0.717) is 11.7 Å². The zero-order chi connectivity index (χ0) is 17.6. The van der Waals surface area contributed by atoms with Crippen LogP contribution in [0.25, 0.3) is 10.6 Å². The average Bonchev–Trinajstić information content (AvgIpc) is 3.12. The Morgan fingerprint density at radius 3 is 2.56 bits per heavy atom. The summed E-state index contributed by atoms with van der Waals surface area (Å²) < 4.78 is 6.57. The van der Waals surface area contributed by atoms with Crippen LogP contribution < -0.4 is 9.64 Å². The molecule has 1 heterocycles. The predicted molar refractivity (Wildman–Crippen MR) is 103 cm³/mol. The lowest BCUT2D eigenvalue weighted by atomic mass is 10.2. The predicted octanol–water partition coefficient (Wildman–Crippen LogP) is 4.40. The van der Waals surface area contributed by atoms with Crippen LogP contribution in [-0.4, -0.2) is 29.8 Å². The third-order valence-corrected chi connectivity index (χ3v) is 5.07. The Morgan fingerprint density at radius 1 is 1.12 bits per heavy atom. The summed E-state index contributed by atoms with van der Waals surface area (Å²) in [4.78, 5) is 13.8. The molecule has 7 heteroatoms. The van der Waals surface area contributed by atoms with Gasteiger partial charge in [-0.3, -0.25) is 9.69 Å². The Bertz CT molecular complexity index is 837. The number of carbonyl (C=O) groups is 1. The van der Waals surface area contributed by atoms with Crippen molar-refractivity contribution < 1.29 is 9.53 Å². The molecule has 1 aromatic heterocycles. The highest BCUT2D eigenvalue weighted by Gasteiger charge is 2.16. The zero-order valence-corrected chi connectivity index (χ0v) is 16.0. The smallest absolute Gasteiger partial charge is 0.231 e. The fraction of sp³-hybridized carbons (Fsp3) is 0.167. The average molecular weight is 418 g/mol. The van der Waals surface area contributed by atoms with Crippen molar-refractivity contribution in [2.45, 2.75) is 6.42 Å². The number of para-hydroxylation sites is 1. The molecule has 2 aromatic carbocycles. The van der Waals surface area contributed by atoms with Gasteiger partial charge in [0.2, 0.25) is 11.0 Å². The van der Waals surface area contributed by atoms with Gasteiger partial charge in [0.1, 0.15) is 10.8 Å². The fourth-order valence-corrected chi connectivity index (χ4v) is 3.20. The molecule has 25 heavy (non-hydrogen) atoms. The fourth-order valence-electron chi connectivity index (χ4n) is 2.11. The van der Waals surface area contributed by atoms with Crippen LogP contribution in [0.3, 0.4) is 0 Å². The number of amides is 1. The lowest BCUT2D eigenvalue weighted by Gasteiger charge is -2.13. The van der Waals surface area contributed by atoms with Crippen LogP contribution in [0.15, 0.2) is 59.1 Å². The van der Waals surface area contributed by atoms with E-state index in [9.17, 15) is 4.79 Å². The summed E-state index contributed by atoms with van der Waals surface area (Å²) >= 11 is 4.79. The van der Waals surface area contributed by atoms with Crippen molar-refractivity contribution in [3.8, 4) is 16.3 Å². The van der Waals surface area contributed by atoms with Crippen LogP contribution >= 0.6 is 27.3 Å². The van der Waals surface area contributed by atoms with Gasteiger partial charge < -0.3 is 4.74 Å². The van der Waals surface area contributed by atoms with Gasteiger partial charge in [0.05, 0.1) is 13.0 Å². The van der Waals surface area contributed by atoms with E-state index >= 15 is 0 Å². The number of ether oxygens (including phenoxy) is 1. The normalized spacial score (nSPS) is 10.5. The van der Waals surface area contributed by atoms with E-state index in [1.165, 1.54) is 16.2 Å². The van der Waals surface area contributed by atoms with E-state index < -0.39 is 0 Å². The standard InChI is InChI=1S/C18H16BrN3O2S/c1-22(16(23)11-12-24-15-5-3-2-4-6-15)18-21-20-17(25-18)13-7-9-14(19)10-8-13/h2-10H,11-12H2,1H3. The maximum Gasteiger partial charge on any atom is 0.231 e. The van der Waals surface area contributed by atoms with Gasteiger partial charge in [-0.1, -0.05) is 57.6 Å². The monoisotopic (exact) mass is 417 g/mol. The van der Waals surface area contributed by atoms with E-state index in [0.717, 1.165) is 20.8 Å². The van der Waals surface area contributed by atoms with Gasteiger partial charge in [0.25, 0.3) is 0 Å². The molecule has 0 N–H and O–H groups in total. The third-order valence-electron chi connectivity index (χ3n) is 3.49. The molecule has 0 aliphatic heterocycles. The first-order valence-corrected chi connectivity index (χ1v) is 9.28. The van der Waals surface area contributed by atoms with E-state index in [-0.39, 0.29) is 12.3 Å². The maximum absolute atomic E-state index is 12.3. The van der Waals surface area contributed by atoms with Crippen molar-refractivity contribution in [3.05, 3.63) is 59.1 Å². The molecular weight excluding hydrogens is 402 g/mol. The lowest BCUT2D eigenvalue weighted by Crippen LogP contribution is -2.27. The van der Waals surface area contributed by atoms with Gasteiger partial charge in [-0.15, -0.1) is 10.2 Å². The second kappa shape index (κ2) is 8.22. The van der Waals surface area contributed by atoms with Crippen molar-refractivity contribution in [3.63, 3.8) is 0 Å². The topological polar surface area (TPSA) is 55.3 Å². The second-order valence-corrected chi connectivity index (χ2v) is 7.13. The van der Waals surface area contributed by atoms with E-state index in [4.69, 9.17) is 4.74 Å². The molecule has 0 saturated heterocycles. The van der Waals surface area contributed by atoms with E-state index in [1.807, 2.05) is 54.6 Å². The molecule has 0 spiro atoms. The Balaban J connectivity index is 1.58. The summed E-state index contributed by atoms with van der Waals surface area (Å²) in [5.41, 5.74) is 0.972. The minimum atomic E-state index is -0.0607. The number of aromatic nitrogens is 2. The van der Waals surface area contributed by atoms with Crippen LogP contribution in [0, 0.1) is 0 Å². The molecule has 1 amide bonds. The summed E-state index contributed by atoms with van der Waals surface area (Å²) in [7, 11) is 1.71. The molecule has 0 radical (unpaired) electrons. The van der Waals surface area contributed by atoms with Crippen molar-refractivity contribution in [1.29, 1.82) is 0 Å². The van der Waals surface area contributed by atoms with Gasteiger partial charge in [-0.25, -0.2) is 0 Å². The number of rotatable bonds is 6. The van der Waals surface area contributed by atoms with Gasteiger partial charge in [-0.05, 0) is 24.3 Å². The number of benzene rings is 2. The summed E-state index contributed by atoms with van der Waals surface area (Å²) in [6.45, 7) is 0.325. The van der Waals surface area contributed by atoms with Crippen molar-refractivity contribution in [1.82, 2.24) is 10.2 Å². The number of nitrogens with zero attached hydrogens (tertiary/aromatic N) is 3. The van der Waals surface area contributed by atoms with Crippen LogP contribution in [0.1, 0.15) is 6.42 Å². The number of halogens is 1. The Hall–Kier alpha value is -2.25. The van der Waals surface area contributed by atoms with Gasteiger partial charge in [0.15, 0.2) is 0 Å². The molecular formula is C18H16BrN3O2S. The Kier molecular flexibility index (Phi) is 5.78. The highest BCUT2D eigenvalue weighted by molar-refractivity contribution is 9.10. The number of anilines is 1. The van der Waals surface area contributed by atoms with Gasteiger partial charge >= 0.3 is 0 Å². The van der Waals surface area contributed by atoms with Gasteiger partial charge in [-0.2, -0.15) is 0 Å². The highest BCUT2D eigenvalue weighted by atomic mass is 79.9. The van der Waals surface area contributed by atoms with Crippen LogP contribution in [0.4, 0.5) is 5.13 Å². The first-order valence-electron chi connectivity index (χ1n) is 7.67. The highest BCUT2D eigenvalue weighted by Crippen LogP contribution is 2.29. The third kappa shape index (κ3) is 4.64. The number of hydrogen-bond donors (Lipinski definition) is 0. The summed E-state index contributed by atoms with van der Waals surface area (Å²) in [5.74, 6) is 0.695. The number of hydrogen-bond acceptors (Lipinski definition) is 5.